The fraction of sp³-hybridized carbons (Fsp3) is 0.118. The average molecular weight is 358 g/mol. The summed E-state index contributed by atoms with van der Waals surface area (Å²) in [6.07, 6.45) is -0.610. The van der Waals surface area contributed by atoms with Crippen LogP contribution in [0.5, 0.6) is 0 Å². The van der Waals surface area contributed by atoms with Crippen LogP contribution < -0.4 is 22.0 Å². The summed E-state index contributed by atoms with van der Waals surface area (Å²) in [5.74, 6) is -2.68. The number of rotatable bonds is 10. The second-order valence-corrected chi connectivity index (χ2v) is 4.97. The Morgan fingerprint density at radius 3 is 1.73 bits per heavy atom. The lowest BCUT2D eigenvalue weighted by atomic mass is 10.2. The molecular formula is C17H18N4O5. The van der Waals surface area contributed by atoms with E-state index in [4.69, 9.17) is 0 Å². The van der Waals surface area contributed by atoms with Gasteiger partial charge in [-0.15, -0.1) is 0 Å². The number of ketones is 1. The zero-order valence-corrected chi connectivity index (χ0v) is 13.7. The molecule has 0 fully saturated rings. The lowest BCUT2D eigenvalue weighted by Crippen LogP contribution is -2.31. The Kier molecular flexibility index (Phi) is 7.59. The number of anilines is 2. The topological polar surface area (TPSA) is 118 Å². The highest BCUT2D eigenvalue weighted by atomic mass is 16.7. The van der Waals surface area contributed by atoms with E-state index >= 15 is 0 Å². The van der Waals surface area contributed by atoms with Crippen molar-refractivity contribution < 1.29 is 24.1 Å². The molecule has 0 spiro atoms. The normalized spacial score (nSPS) is 9.85. The Morgan fingerprint density at radius 2 is 1.19 bits per heavy atom. The largest absolute Gasteiger partial charge is 0.394 e. The van der Waals surface area contributed by atoms with Gasteiger partial charge >= 0.3 is 11.9 Å². The second kappa shape index (κ2) is 10.4. The molecule has 0 saturated carbocycles. The first-order valence-electron chi connectivity index (χ1n) is 7.71. The molecule has 2 rings (SSSR count). The Labute approximate surface area is 149 Å². The number of carbonyl (C=O) groups is 3. The van der Waals surface area contributed by atoms with E-state index in [0.29, 0.717) is 11.4 Å². The molecule has 0 radical (unpaired) electrons. The maximum Gasteiger partial charge on any atom is 0.394 e. The van der Waals surface area contributed by atoms with Gasteiger partial charge in [-0.1, -0.05) is 47.6 Å². The molecule has 9 nitrogen and oxygen atoms in total. The van der Waals surface area contributed by atoms with E-state index in [1.165, 1.54) is 0 Å². The van der Waals surface area contributed by atoms with Crippen molar-refractivity contribution in [3.8, 4) is 0 Å². The summed E-state index contributed by atoms with van der Waals surface area (Å²) in [4.78, 5) is 43.8. The molecule has 26 heavy (non-hydrogen) atoms. The van der Waals surface area contributed by atoms with Crippen molar-refractivity contribution in [1.82, 2.24) is 11.2 Å². The van der Waals surface area contributed by atoms with Gasteiger partial charge in [-0.05, 0) is 24.3 Å². The first-order chi connectivity index (χ1) is 12.6. The van der Waals surface area contributed by atoms with Crippen LogP contribution in [-0.4, -0.2) is 17.7 Å². The molecule has 9 heteroatoms. The first kappa shape index (κ1) is 18.9. The SMILES string of the molecule is O=C(CCC(=O)C(=O)ONNc1ccccc1)ONNc1ccccc1. The number of para-hydroxylation sites is 2. The fourth-order valence-corrected chi connectivity index (χ4v) is 1.74. The number of hydrogen-bond donors (Lipinski definition) is 4. The molecule has 4 N–H and O–H groups in total. The van der Waals surface area contributed by atoms with Gasteiger partial charge in [0.15, 0.2) is 0 Å². The molecule has 0 aliphatic carbocycles. The van der Waals surface area contributed by atoms with Crippen molar-refractivity contribution in [2.24, 2.45) is 0 Å². The Morgan fingerprint density at radius 1 is 0.692 bits per heavy atom. The smallest absolute Gasteiger partial charge is 0.351 e. The number of Topliss-reactive ketones (excluding diaryl/α,β-unsaturated/α-hetero) is 1. The molecule has 0 bridgehead atoms. The fourth-order valence-electron chi connectivity index (χ4n) is 1.74. The van der Waals surface area contributed by atoms with Gasteiger partial charge in [0.05, 0.1) is 17.8 Å². The molecule has 0 aromatic heterocycles. The molecule has 2 aromatic carbocycles. The predicted octanol–water partition coefficient (Wildman–Crippen LogP) is 1.49. The van der Waals surface area contributed by atoms with Crippen molar-refractivity contribution in [2.75, 3.05) is 10.9 Å². The van der Waals surface area contributed by atoms with E-state index in [0.717, 1.165) is 0 Å². The van der Waals surface area contributed by atoms with Gasteiger partial charge < -0.3 is 9.68 Å². The molecular weight excluding hydrogens is 340 g/mol. The summed E-state index contributed by atoms with van der Waals surface area (Å²) in [5, 5.41) is 0. The van der Waals surface area contributed by atoms with Crippen molar-refractivity contribution in [1.29, 1.82) is 0 Å². The van der Waals surface area contributed by atoms with E-state index in [2.05, 4.69) is 31.7 Å². The predicted molar refractivity (Wildman–Crippen MR) is 92.8 cm³/mol. The third kappa shape index (κ3) is 6.99. The van der Waals surface area contributed by atoms with E-state index in [-0.39, 0.29) is 12.8 Å². The zero-order valence-electron chi connectivity index (χ0n) is 13.7. The maximum atomic E-state index is 11.6. The van der Waals surface area contributed by atoms with Crippen LogP contribution in [0.1, 0.15) is 12.8 Å². The van der Waals surface area contributed by atoms with E-state index in [1.54, 1.807) is 48.5 Å². The molecule has 0 aliphatic rings. The molecule has 0 heterocycles. The molecule has 0 unspecified atom stereocenters. The van der Waals surface area contributed by atoms with Crippen LogP contribution >= 0.6 is 0 Å². The lowest BCUT2D eigenvalue weighted by molar-refractivity contribution is -0.159. The lowest BCUT2D eigenvalue weighted by Gasteiger charge is -2.08. The van der Waals surface area contributed by atoms with E-state index in [9.17, 15) is 14.4 Å². The van der Waals surface area contributed by atoms with Gasteiger partial charge in [0, 0.05) is 6.42 Å². The summed E-state index contributed by atoms with van der Waals surface area (Å²) in [6.45, 7) is 0. The van der Waals surface area contributed by atoms with Gasteiger partial charge in [-0.25, -0.2) is 4.79 Å². The highest BCUT2D eigenvalue weighted by Crippen LogP contribution is 2.03. The van der Waals surface area contributed by atoms with Gasteiger partial charge in [-0.3, -0.25) is 20.4 Å². The third-order valence-electron chi connectivity index (χ3n) is 3.03. The summed E-state index contributed by atoms with van der Waals surface area (Å²) in [7, 11) is 0. The van der Waals surface area contributed by atoms with E-state index < -0.39 is 17.7 Å². The quantitative estimate of drug-likeness (QED) is 0.370. The molecule has 0 saturated heterocycles. The molecule has 0 atom stereocenters. The number of hydrazine groups is 2. The Balaban J connectivity index is 1.58. The van der Waals surface area contributed by atoms with E-state index in [1.807, 2.05) is 12.1 Å². The minimum atomic E-state index is -1.11. The average Bonchev–Trinajstić information content (AvgIpc) is 2.67. The number of carbonyl (C=O) groups excluding carboxylic acids is 3. The summed E-state index contributed by atoms with van der Waals surface area (Å²) in [6, 6.07) is 17.8. The standard InChI is InChI=1S/C17H18N4O5/c22-15(17(24)26-21-19-14-9-5-2-6-10-14)11-12-16(23)25-20-18-13-7-3-1-4-8-13/h1-10,18-21H,11-12H2. The molecule has 136 valence electrons. The van der Waals surface area contributed by atoms with Crippen LogP contribution in [0, 0.1) is 0 Å². The molecule has 0 aliphatic heterocycles. The Hall–Kier alpha value is -3.43. The van der Waals surface area contributed by atoms with Crippen LogP contribution in [0.4, 0.5) is 11.4 Å². The third-order valence-corrected chi connectivity index (χ3v) is 3.03. The molecule has 2 aromatic rings. The van der Waals surface area contributed by atoms with Crippen LogP contribution in [0.15, 0.2) is 60.7 Å². The van der Waals surface area contributed by atoms with Gasteiger partial charge in [0.25, 0.3) is 0 Å². The van der Waals surface area contributed by atoms with Crippen molar-refractivity contribution in [3.63, 3.8) is 0 Å². The van der Waals surface area contributed by atoms with Crippen molar-refractivity contribution in [3.05, 3.63) is 60.7 Å². The number of nitrogens with one attached hydrogen (secondary N) is 4. The summed E-state index contributed by atoms with van der Waals surface area (Å²) < 4.78 is 0. The second-order valence-electron chi connectivity index (χ2n) is 4.97. The monoisotopic (exact) mass is 358 g/mol. The minimum absolute atomic E-state index is 0.274. The van der Waals surface area contributed by atoms with Crippen LogP contribution in [0.25, 0.3) is 0 Å². The zero-order chi connectivity index (χ0) is 18.6. The van der Waals surface area contributed by atoms with Crippen LogP contribution in [0.2, 0.25) is 0 Å². The highest BCUT2D eigenvalue weighted by Gasteiger charge is 2.18. The maximum absolute atomic E-state index is 11.6. The Bertz CT molecular complexity index is 724. The number of hydrogen-bond acceptors (Lipinski definition) is 9. The van der Waals surface area contributed by atoms with Gasteiger partial charge in [0.1, 0.15) is 0 Å². The minimum Gasteiger partial charge on any atom is -0.351 e. The van der Waals surface area contributed by atoms with Crippen LogP contribution in [-0.2, 0) is 24.1 Å². The molecule has 0 amide bonds. The highest BCUT2D eigenvalue weighted by molar-refractivity contribution is 6.33. The summed E-state index contributed by atoms with van der Waals surface area (Å²) in [5.41, 5.74) is 11.0. The first-order valence-corrected chi connectivity index (χ1v) is 7.71. The van der Waals surface area contributed by atoms with Gasteiger partial charge in [-0.2, -0.15) is 0 Å². The van der Waals surface area contributed by atoms with Crippen LogP contribution in [0.3, 0.4) is 0 Å². The number of benzene rings is 2. The van der Waals surface area contributed by atoms with Gasteiger partial charge in [0.2, 0.25) is 5.78 Å². The van der Waals surface area contributed by atoms with Crippen molar-refractivity contribution in [2.45, 2.75) is 12.8 Å². The summed E-state index contributed by atoms with van der Waals surface area (Å²) >= 11 is 0. The van der Waals surface area contributed by atoms with Crippen molar-refractivity contribution >= 4 is 29.1 Å².